The monoisotopic (exact) mass is 323 g/mol. The Bertz CT molecular complexity index is 760. The van der Waals surface area contributed by atoms with E-state index < -0.39 is 39.9 Å². The first-order chi connectivity index (χ1) is 10.4. The highest BCUT2D eigenvalue weighted by atomic mass is 32.2. The quantitative estimate of drug-likeness (QED) is 0.749. The largest absolute Gasteiger partial charge is 0.478 e. The Balaban J connectivity index is 2.30. The molecule has 1 amide bonds. The lowest BCUT2D eigenvalue weighted by Gasteiger charge is -2.09. The van der Waals surface area contributed by atoms with Gasteiger partial charge in [0.05, 0.1) is 16.0 Å². The second-order valence-electron chi connectivity index (χ2n) is 4.20. The molecule has 0 aromatic heterocycles. The normalized spacial score (nSPS) is 11.7. The molecule has 0 fully saturated rings. The summed E-state index contributed by atoms with van der Waals surface area (Å²) in [5.41, 5.74) is -0.797. The summed E-state index contributed by atoms with van der Waals surface area (Å²) in [4.78, 5) is 23.2. The van der Waals surface area contributed by atoms with Gasteiger partial charge in [-0.1, -0.05) is 6.07 Å². The highest BCUT2D eigenvalue weighted by molar-refractivity contribution is 7.79. The lowest BCUT2D eigenvalue weighted by Crippen LogP contribution is -2.18. The van der Waals surface area contributed by atoms with E-state index in [0.717, 1.165) is 12.1 Å². The number of halogens is 1. The first kappa shape index (κ1) is 15.8. The minimum Gasteiger partial charge on any atom is -0.478 e. The second-order valence-corrected chi connectivity index (χ2v) is 5.16. The fourth-order valence-electron chi connectivity index (χ4n) is 1.78. The van der Waals surface area contributed by atoms with Crippen molar-refractivity contribution in [3.63, 3.8) is 0 Å². The molecule has 0 saturated carbocycles. The first-order valence-electron chi connectivity index (χ1n) is 5.94. The minimum atomic E-state index is -2.15. The van der Waals surface area contributed by atoms with Gasteiger partial charge in [-0.3, -0.25) is 4.79 Å². The van der Waals surface area contributed by atoms with Crippen molar-refractivity contribution >= 4 is 28.6 Å². The number of carbonyl (C=O) groups excluding carboxylic acids is 1. The summed E-state index contributed by atoms with van der Waals surface area (Å²) in [6.07, 6.45) is 0. The molecule has 22 heavy (non-hydrogen) atoms. The molecule has 0 bridgehead atoms. The van der Waals surface area contributed by atoms with Crippen LogP contribution < -0.4 is 5.32 Å². The van der Waals surface area contributed by atoms with Gasteiger partial charge in [0.25, 0.3) is 5.91 Å². The molecule has 0 saturated heterocycles. The third-order valence-electron chi connectivity index (χ3n) is 2.78. The third-order valence-corrected chi connectivity index (χ3v) is 3.46. The minimum absolute atomic E-state index is 0.134. The SMILES string of the molecule is O=C(O)c1cccc(F)c1C(=O)Nc1ccc(S(=O)O)cc1. The van der Waals surface area contributed by atoms with Gasteiger partial charge < -0.3 is 15.0 Å². The molecule has 1 atom stereocenters. The molecule has 0 aliphatic rings. The van der Waals surface area contributed by atoms with Crippen LogP contribution in [0.5, 0.6) is 0 Å². The van der Waals surface area contributed by atoms with Crippen LogP contribution in [-0.4, -0.2) is 25.7 Å². The van der Waals surface area contributed by atoms with Crippen molar-refractivity contribution in [3.8, 4) is 0 Å². The van der Waals surface area contributed by atoms with Crippen molar-refractivity contribution in [1.82, 2.24) is 0 Å². The lowest BCUT2D eigenvalue weighted by molar-refractivity contribution is 0.0691. The van der Waals surface area contributed by atoms with Gasteiger partial charge in [-0.15, -0.1) is 0 Å². The number of amides is 1. The highest BCUT2D eigenvalue weighted by Gasteiger charge is 2.20. The number of hydrogen-bond acceptors (Lipinski definition) is 3. The number of hydrogen-bond donors (Lipinski definition) is 3. The number of carboxylic acids is 1. The number of aromatic carboxylic acids is 1. The van der Waals surface area contributed by atoms with Gasteiger partial charge in [-0.2, -0.15) is 0 Å². The Morgan fingerprint density at radius 3 is 2.27 bits per heavy atom. The van der Waals surface area contributed by atoms with Crippen molar-refractivity contribution in [2.45, 2.75) is 4.90 Å². The van der Waals surface area contributed by atoms with Crippen LogP contribution in [0.4, 0.5) is 10.1 Å². The maximum Gasteiger partial charge on any atom is 0.336 e. The van der Waals surface area contributed by atoms with Crippen LogP contribution in [0, 0.1) is 5.82 Å². The van der Waals surface area contributed by atoms with Gasteiger partial charge in [-0.25, -0.2) is 13.4 Å². The predicted octanol–water partition coefficient (Wildman–Crippen LogP) is 2.36. The molecule has 114 valence electrons. The van der Waals surface area contributed by atoms with Crippen LogP contribution in [0.1, 0.15) is 20.7 Å². The van der Waals surface area contributed by atoms with Crippen LogP contribution in [-0.2, 0) is 11.1 Å². The molecule has 0 radical (unpaired) electrons. The molecule has 0 aliphatic carbocycles. The van der Waals surface area contributed by atoms with Gasteiger partial charge in [-0.05, 0) is 36.4 Å². The van der Waals surface area contributed by atoms with Gasteiger partial charge in [0.1, 0.15) is 5.82 Å². The van der Waals surface area contributed by atoms with Crippen LogP contribution in [0.25, 0.3) is 0 Å². The summed E-state index contributed by atoms with van der Waals surface area (Å²) in [6.45, 7) is 0. The lowest BCUT2D eigenvalue weighted by atomic mass is 10.1. The third kappa shape index (κ3) is 3.35. The number of carbonyl (C=O) groups is 2. The fraction of sp³-hybridized carbons (Fsp3) is 0. The van der Waals surface area contributed by atoms with Crippen LogP contribution >= 0.6 is 0 Å². The van der Waals surface area contributed by atoms with Gasteiger partial charge >= 0.3 is 5.97 Å². The van der Waals surface area contributed by atoms with Gasteiger partial charge in [0.15, 0.2) is 11.1 Å². The Morgan fingerprint density at radius 2 is 1.73 bits per heavy atom. The number of carboxylic acid groups (broad SMARTS) is 1. The highest BCUT2D eigenvalue weighted by Crippen LogP contribution is 2.17. The maximum atomic E-state index is 13.7. The summed E-state index contributed by atoms with van der Waals surface area (Å²) < 4.78 is 33.4. The summed E-state index contributed by atoms with van der Waals surface area (Å²) in [6, 6.07) is 8.63. The van der Waals surface area contributed by atoms with Crippen LogP contribution in [0.3, 0.4) is 0 Å². The van der Waals surface area contributed by atoms with Crippen LogP contribution in [0.2, 0.25) is 0 Å². The van der Waals surface area contributed by atoms with E-state index in [1.54, 1.807) is 0 Å². The smallest absolute Gasteiger partial charge is 0.336 e. The summed E-state index contributed by atoms with van der Waals surface area (Å²) in [5.74, 6) is -3.30. The Hall–Kier alpha value is -2.58. The van der Waals surface area contributed by atoms with E-state index in [0.29, 0.717) is 0 Å². The summed E-state index contributed by atoms with van der Waals surface area (Å²) in [7, 11) is 0. The second kappa shape index (κ2) is 6.46. The standard InChI is InChI=1S/C14H10FNO5S/c15-11-3-1-2-10(14(18)19)12(11)13(17)16-8-4-6-9(7-5-8)22(20)21/h1-7H,(H,16,17)(H,18,19)(H,20,21). The zero-order valence-electron chi connectivity index (χ0n) is 10.9. The molecular weight excluding hydrogens is 313 g/mol. The molecule has 2 aromatic carbocycles. The number of rotatable bonds is 4. The zero-order valence-corrected chi connectivity index (χ0v) is 11.8. The molecule has 0 heterocycles. The average molecular weight is 323 g/mol. The molecule has 0 aliphatic heterocycles. The Kier molecular flexibility index (Phi) is 4.64. The van der Waals surface area contributed by atoms with Crippen molar-refractivity contribution in [2.75, 3.05) is 5.32 Å². The summed E-state index contributed by atoms with van der Waals surface area (Å²) >= 11 is -2.15. The molecule has 2 rings (SSSR count). The number of anilines is 1. The zero-order chi connectivity index (χ0) is 16.3. The molecular formula is C14H10FNO5S. The molecule has 8 heteroatoms. The van der Waals surface area contributed by atoms with E-state index in [2.05, 4.69) is 5.32 Å². The van der Waals surface area contributed by atoms with Gasteiger partial charge in [0.2, 0.25) is 0 Å². The van der Waals surface area contributed by atoms with E-state index in [1.807, 2.05) is 0 Å². The molecule has 0 spiro atoms. The van der Waals surface area contributed by atoms with Crippen molar-refractivity contribution in [2.24, 2.45) is 0 Å². The Morgan fingerprint density at radius 1 is 1.09 bits per heavy atom. The average Bonchev–Trinajstić information content (AvgIpc) is 2.47. The predicted molar refractivity (Wildman–Crippen MR) is 76.8 cm³/mol. The topological polar surface area (TPSA) is 104 Å². The van der Waals surface area contributed by atoms with Crippen molar-refractivity contribution < 1.29 is 27.8 Å². The fourth-order valence-corrected chi connectivity index (χ4v) is 2.15. The maximum absolute atomic E-state index is 13.7. The van der Waals surface area contributed by atoms with Gasteiger partial charge in [0, 0.05) is 5.69 Å². The number of nitrogens with one attached hydrogen (secondary N) is 1. The first-order valence-corrected chi connectivity index (χ1v) is 7.05. The Labute approximate surface area is 126 Å². The van der Waals surface area contributed by atoms with Crippen LogP contribution in [0.15, 0.2) is 47.4 Å². The van der Waals surface area contributed by atoms with E-state index >= 15 is 0 Å². The molecule has 1 unspecified atom stereocenters. The van der Waals surface area contributed by atoms with Crippen molar-refractivity contribution in [1.29, 1.82) is 0 Å². The molecule has 3 N–H and O–H groups in total. The molecule has 2 aromatic rings. The van der Waals surface area contributed by atoms with E-state index in [1.165, 1.54) is 30.3 Å². The van der Waals surface area contributed by atoms with E-state index in [-0.39, 0.29) is 10.6 Å². The van der Waals surface area contributed by atoms with Crippen molar-refractivity contribution in [3.05, 3.63) is 59.4 Å². The van der Waals surface area contributed by atoms with E-state index in [9.17, 15) is 18.2 Å². The van der Waals surface area contributed by atoms with E-state index in [4.69, 9.17) is 9.66 Å². The number of benzene rings is 2. The molecule has 6 nitrogen and oxygen atoms in total. The summed E-state index contributed by atoms with van der Waals surface area (Å²) in [5, 5.41) is 11.3.